The monoisotopic (exact) mass is 274 g/mol. The highest BCUT2D eigenvalue weighted by atomic mass is 32.2. The predicted molar refractivity (Wildman–Crippen MR) is 74.0 cm³/mol. The largest absolute Gasteiger partial charge is 0.311 e. The minimum atomic E-state index is -3.04. The van der Waals surface area contributed by atoms with Crippen molar-refractivity contribution in [1.82, 2.24) is 10.0 Å². The summed E-state index contributed by atoms with van der Waals surface area (Å²) in [6.45, 7) is 0. The van der Waals surface area contributed by atoms with Gasteiger partial charge in [0, 0.05) is 18.1 Å². The van der Waals surface area contributed by atoms with Gasteiger partial charge in [-0.25, -0.2) is 13.1 Å². The van der Waals surface area contributed by atoms with Gasteiger partial charge < -0.3 is 5.32 Å². The molecule has 0 spiro atoms. The van der Waals surface area contributed by atoms with Crippen LogP contribution < -0.4 is 10.0 Å². The fraction of sp³-hybridized carbons (Fsp3) is 1.00. The average Bonchev–Trinajstić information content (AvgIpc) is 2.31. The van der Waals surface area contributed by atoms with Gasteiger partial charge in [-0.3, -0.25) is 0 Å². The van der Waals surface area contributed by atoms with Crippen LogP contribution in [0.1, 0.15) is 57.8 Å². The Morgan fingerprint density at radius 2 is 1.28 bits per heavy atom. The zero-order chi connectivity index (χ0) is 13.0. The summed E-state index contributed by atoms with van der Waals surface area (Å²) in [6, 6.07) is 1.47. The molecule has 0 aromatic carbocycles. The average molecular weight is 274 g/mol. The summed E-state index contributed by atoms with van der Waals surface area (Å²) in [5.41, 5.74) is 0. The Morgan fingerprint density at radius 3 is 1.83 bits per heavy atom. The molecule has 106 valence electrons. The smallest absolute Gasteiger partial charge is 0.208 e. The molecule has 5 heteroatoms. The van der Waals surface area contributed by atoms with Crippen LogP contribution in [0.4, 0.5) is 0 Å². The van der Waals surface area contributed by atoms with Crippen molar-refractivity contribution in [2.24, 2.45) is 0 Å². The second kappa shape index (κ2) is 6.35. The van der Waals surface area contributed by atoms with Gasteiger partial charge in [0.25, 0.3) is 0 Å². The molecule has 0 saturated heterocycles. The van der Waals surface area contributed by atoms with Crippen molar-refractivity contribution in [2.75, 3.05) is 6.26 Å². The van der Waals surface area contributed by atoms with E-state index in [2.05, 4.69) is 10.0 Å². The van der Waals surface area contributed by atoms with E-state index >= 15 is 0 Å². The molecule has 0 bridgehead atoms. The van der Waals surface area contributed by atoms with Crippen molar-refractivity contribution >= 4 is 10.0 Å². The third kappa shape index (κ3) is 4.86. The quantitative estimate of drug-likeness (QED) is 0.821. The van der Waals surface area contributed by atoms with E-state index < -0.39 is 10.0 Å². The SMILES string of the molecule is CS(=O)(=O)NC1CCC(NC2CCCCC2)CC1. The minimum Gasteiger partial charge on any atom is -0.311 e. The van der Waals surface area contributed by atoms with Gasteiger partial charge >= 0.3 is 0 Å². The van der Waals surface area contributed by atoms with Crippen molar-refractivity contribution in [1.29, 1.82) is 0 Å². The lowest BCUT2D eigenvalue weighted by molar-refractivity contribution is 0.273. The Hall–Kier alpha value is -0.130. The zero-order valence-corrected chi connectivity index (χ0v) is 12.1. The summed E-state index contributed by atoms with van der Waals surface area (Å²) in [4.78, 5) is 0. The highest BCUT2D eigenvalue weighted by Crippen LogP contribution is 2.23. The van der Waals surface area contributed by atoms with Crippen LogP contribution in [0.25, 0.3) is 0 Å². The molecule has 0 aliphatic heterocycles. The van der Waals surface area contributed by atoms with Crippen LogP contribution in [0.15, 0.2) is 0 Å². The highest BCUT2D eigenvalue weighted by Gasteiger charge is 2.25. The van der Waals surface area contributed by atoms with Gasteiger partial charge in [-0.15, -0.1) is 0 Å². The van der Waals surface area contributed by atoms with Gasteiger partial charge in [0.05, 0.1) is 6.26 Å². The summed E-state index contributed by atoms with van der Waals surface area (Å²) in [6.07, 6.45) is 12.2. The molecular formula is C13H26N2O2S. The van der Waals surface area contributed by atoms with Crippen LogP contribution in [0, 0.1) is 0 Å². The van der Waals surface area contributed by atoms with E-state index in [0.717, 1.165) is 25.7 Å². The lowest BCUT2D eigenvalue weighted by atomic mass is 9.89. The fourth-order valence-corrected chi connectivity index (χ4v) is 4.12. The van der Waals surface area contributed by atoms with Crippen molar-refractivity contribution in [3.05, 3.63) is 0 Å². The van der Waals surface area contributed by atoms with Gasteiger partial charge in [0.15, 0.2) is 0 Å². The maximum Gasteiger partial charge on any atom is 0.208 e. The maximum absolute atomic E-state index is 11.2. The Labute approximate surface area is 111 Å². The van der Waals surface area contributed by atoms with E-state index in [9.17, 15) is 8.42 Å². The van der Waals surface area contributed by atoms with E-state index in [-0.39, 0.29) is 6.04 Å². The minimum absolute atomic E-state index is 0.157. The first-order valence-corrected chi connectivity index (χ1v) is 9.15. The van der Waals surface area contributed by atoms with Gasteiger partial charge in [0.1, 0.15) is 0 Å². The number of hydrogen-bond donors (Lipinski definition) is 2. The first kappa shape index (κ1) is 14.3. The summed E-state index contributed by atoms with van der Waals surface area (Å²) in [5, 5.41) is 3.76. The molecule has 2 saturated carbocycles. The van der Waals surface area contributed by atoms with Crippen molar-refractivity contribution in [3.63, 3.8) is 0 Å². The fourth-order valence-electron chi connectivity index (χ4n) is 3.28. The van der Waals surface area contributed by atoms with Crippen molar-refractivity contribution in [2.45, 2.75) is 75.9 Å². The van der Waals surface area contributed by atoms with Gasteiger partial charge in [-0.2, -0.15) is 0 Å². The molecule has 0 aromatic heterocycles. The van der Waals surface area contributed by atoms with Crippen molar-refractivity contribution < 1.29 is 8.42 Å². The summed E-state index contributed by atoms with van der Waals surface area (Å²) < 4.78 is 25.1. The van der Waals surface area contributed by atoms with E-state index in [0.29, 0.717) is 12.1 Å². The highest BCUT2D eigenvalue weighted by molar-refractivity contribution is 7.88. The molecule has 2 aliphatic rings. The number of sulfonamides is 1. The lowest BCUT2D eigenvalue weighted by Gasteiger charge is -2.33. The second-order valence-corrected chi connectivity index (χ2v) is 7.72. The molecule has 0 unspecified atom stereocenters. The molecule has 0 heterocycles. The molecule has 4 nitrogen and oxygen atoms in total. The summed E-state index contributed by atoms with van der Waals surface area (Å²) >= 11 is 0. The van der Waals surface area contributed by atoms with Crippen LogP contribution in [0.2, 0.25) is 0 Å². The van der Waals surface area contributed by atoms with Crippen LogP contribution >= 0.6 is 0 Å². The van der Waals surface area contributed by atoms with Crippen molar-refractivity contribution in [3.8, 4) is 0 Å². The Morgan fingerprint density at radius 1 is 0.778 bits per heavy atom. The van der Waals surface area contributed by atoms with Gasteiger partial charge in [0.2, 0.25) is 10.0 Å². The molecule has 18 heavy (non-hydrogen) atoms. The number of rotatable bonds is 4. The molecular weight excluding hydrogens is 248 g/mol. The van der Waals surface area contributed by atoms with Crippen LogP contribution in [-0.4, -0.2) is 32.8 Å². The van der Waals surface area contributed by atoms with Crippen LogP contribution in [0.5, 0.6) is 0 Å². The molecule has 2 N–H and O–H groups in total. The standard InChI is InChI=1S/C13H26N2O2S/c1-18(16,17)15-13-9-7-12(8-10-13)14-11-5-3-2-4-6-11/h11-15H,2-10H2,1H3. The first-order valence-electron chi connectivity index (χ1n) is 7.26. The van der Waals surface area contributed by atoms with E-state index in [1.54, 1.807) is 0 Å². The molecule has 2 fully saturated rings. The van der Waals surface area contributed by atoms with E-state index in [1.165, 1.54) is 38.4 Å². The Balaban J connectivity index is 1.69. The lowest BCUT2D eigenvalue weighted by Crippen LogP contribution is -2.45. The molecule has 0 radical (unpaired) electrons. The molecule has 0 aromatic rings. The van der Waals surface area contributed by atoms with Gasteiger partial charge in [-0.1, -0.05) is 19.3 Å². The second-order valence-electron chi connectivity index (χ2n) is 5.94. The molecule has 0 atom stereocenters. The Bertz CT molecular complexity index is 342. The van der Waals surface area contributed by atoms with Gasteiger partial charge in [-0.05, 0) is 38.5 Å². The predicted octanol–water partition coefficient (Wildman–Crippen LogP) is 1.77. The normalized spacial score (nSPS) is 31.4. The topological polar surface area (TPSA) is 58.2 Å². The van der Waals surface area contributed by atoms with E-state index in [4.69, 9.17) is 0 Å². The number of nitrogens with one attached hydrogen (secondary N) is 2. The molecule has 2 rings (SSSR count). The Kier molecular flexibility index (Phi) is 5.04. The third-order valence-electron chi connectivity index (χ3n) is 4.18. The number of hydrogen-bond acceptors (Lipinski definition) is 3. The third-order valence-corrected chi connectivity index (χ3v) is 4.95. The van der Waals surface area contributed by atoms with Crippen LogP contribution in [0.3, 0.4) is 0 Å². The zero-order valence-electron chi connectivity index (χ0n) is 11.3. The molecule has 2 aliphatic carbocycles. The molecule has 0 amide bonds. The maximum atomic E-state index is 11.2. The van der Waals surface area contributed by atoms with Crippen LogP contribution in [-0.2, 0) is 10.0 Å². The first-order chi connectivity index (χ1) is 8.53. The van der Waals surface area contributed by atoms with E-state index in [1.807, 2.05) is 0 Å². The summed E-state index contributed by atoms with van der Waals surface area (Å²) in [7, 11) is -3.04. The summed E-state index contributed by atoms with van der Waals surface area (Å²) in [5.74, 6) is 0.